The molecule has 0 aliphatic rings. The minimum Gasteiger partial charge on any atom is -0.508 e. The van der Waals surface area contributed by atoms with E-state index in [0.29, 0.717) is 29.7 Å². The second-order valence-electron chi connectivity index (χ2n) is 3.98. The van der Waals surface area contributed by atoms with Gasteiger partial charge in [0.2, 0.25) is 0 Å². The number of carbonyl (C=O) groups excluding carboxylic acids is 1. The van der Waals surface area contributed by atoms with Crippen molar-refractivity contribution in [2.45, 2.75) is 6.42 Å². The second kappa shape index (κ2) is 7.85. The van der Waals surface area contributed by atoms with Crippen LogP contribution in [0, 0.1) is 0 Å². The maximum absolute atomic E-state index is 11.0. The summed E-state index contributed by atoms with van der Waals surface area (Å²) < 4.78 is 5.11. The SMILES string of the molecule is COc1cc(O)ccc1/C=C(\C=O)N/C=C(\N)CCO. The first-order chi connectivity index (χ1) is 9.60. The zero-order valence-electron chi connectivity index (χ0n) is 11.2. The van der Waals surface area contributed by atoms with Crippen LogP contribution >= 0.6 is 0 Å². The number of phenolic OH excluding ortho intramolecular Hbond substituents is 1. The summed E-state index contributed by atoms with van der Waals surface area (Å²) in [4.78, 5) is 11.0. The second-order valence-corrected chi connectivity index (χ2v) is 3.98. The van der Waals surface area contributed by atoms with Crippen molar-refractivity contribution >= 4 is 12.4 Å². The molecule has 0 atom stereocenters. The third-order valence-electron chi connectivity index (χ3n) is 2.48. The van der Waals surface area contributed by atoms with E-state index in [1.807, 2.05) is 0 Å². The monoisotopic (exact) mass is 278 g/mol. The fraction of sp³-hybridized carbons (Fsp3) is 0.214. The molecule has 0 bridgehead atoms. The molecule has 0 fully saturated rings. The fourth-order valence-electron chi connectivity index (χ4n) is 1.47. The quantitative estimate of drug-likeness (QED) is 0.432. The van der Waals surface area contributed by atoms with E-state index < -0.39 is 0 Å². The molecule has 0 unspecified atom stereocenters. The number of aldehydes is 1. The lowest BCUT2D eigenvalue weighted by Crippen LogP contribution is -2.11. The number of benzene rings is 1. The summed E-state index contributed by atoms with van der Waals surface area (Å²) in [6, 6.07) is 4.57. The highest BCUT2D eigenvalue weighted by molar-refractivity contribution is 5.82. The summed E-state index contributed by atoms with van der Waals surface area (Å²) in [6.45, 7) is -0.0596. The van der Waals surface area contributed by atoms with Crippen molar-refractivity contribution in [3.05, 3.63) is 41.4 Å². The van der Waals surface area contributed by atoms with Crippen molar-refractivity contribution in [2.75, 3.05) is 13.7 Å². The van der Waals surface area contributed by atoms with E-state index >= 15 is 0 Å². The van der Waals surface area contributed by atoms with Crippen molar-refractivity contribution in [1.29, 1.82) is 0 Å². The van der Waals surface area contributed by atoms with Gasteiger partial charge in [-0.3, -0.25) is 4.79 Å². The molecule has 0 aliphatic heterocycles. The standard InChI is InChI=1S/C14H18N2O4/c1-20-14-7-13(19)3-2-10(14)6-12(9-18)16-8-11(15)4-5-17/h2-3,6-9,16-17,19H,4-5,15H2,1H3/b11-8-,12-6+. The van der Waals surface area contributed by atoms with E-state index in [0.717, 1.165) is 0 Å². The molecule has 0 amide bonds. The molecule has 0 aromatic heterocycles. The van der Waals surface area contributed by atoms with Crippen molar-refractivity contribution in [1.82, 2.24) is 5.32 Å². The number of aliphatic hydroxyl groups is 1. The molecule has 5 N–H and O–H groups in total. The van der Waals surface area contributed by atoms with Gasteiger partial charge in [0.15, 0.2) is 6.29 Å². The van der Waals surface area contributed by atoms with Crippen LogP contribution in [0.2, 0.25) is 0 Å². The summed E-state index contributed by atoms with van der Waals surface area (Å²) in [7, 11) is 1.47. The van der Waals surface area contributed by atoms with Gasteiger partial charge in [0, 0.05) is 36.6 Å². The molecule has 1 aromatic rings. The lowest BCUT2D eigenvalue weighted by atomic mass is 10.1. The molecule has 6 nitrogen and oxygen atoms in total. The smallest absolute Gasteiger partial charge is 0.166 e. The van der Waals surface area contributed by atoms with Gasteiger partial charge < -0.3 is 26.0 Å². The Morgan fingerprint density at radius 1 is 1.50 bits per heavy atom. The van der Waals surface area contributed by atoms with Gasteiger partial charge in [-0.2, -0.15) is 0 Å². The Balaban J connectivity index is 2.94. The van der Waals surface area contributed by atoms with Crippen LogP contribution in [-0.4, -0.2) is 30.2 Å². The van der Waals surface area contributed by atoms with Crippen LogP contribution in [-0.2, 0) is 4.79 Å². The van der Waals surface area contributed by atoms with Crippen molar-refractivity contribution in [2.24, 2.45) is 5.73 Å². The molecule has 0 saturated carbocycles. The summed E-state index contributed by atoms with van der Waals surface area (Å²) in [5.74, 6) is 0.519. The van der Waals surface area contributed by atoms with Gasteiger partial charge in [0.25, 0.3) is 0 Å². The maximum Gasteiger partial charge on any atom is 0.166 e. The number of allylic oxidation sites excluding steroid dienone is 1. The van der Waals surface area contributed by atoms with Crippen LogP contribution in [0.5, 0.6) is 11.5 Å². The first-order valence-corrected chi connectivity index (χ1v) is 5.96. The predicted molar refractivity (Wildman–Crippen MR) is 75.8 cm³/mol. The van der Waals surface area contributed by atoms with Gasteiger partial charge >= 0.3 is 0 Å². The molecule has 0 radical (unpaired) electrons. The Bertz CT molecular complexity index is 524. The number of hydrogen-bond acceptors (Lipinski definition) is 6. The van der Waals surface area contributed by atoms with Crippen LogP contribution in [0.4, 0.5) is 0 Å². The molecular weight excluding hydrogens is 260 g/mol. The summed E-state index contributed by atoms with van der Waals surface area (Å²) in [5.41, 5.74) is 6.93. The molecule has 0 spiro atoms. The van der Waals surface area contributed by atoms with E-state index in [2.05, 4.69) is 5.32 Å². The van der Waals surface area contributed by atoms with Crippen LogP contribution in [0.15, 0.2) is 35.8 Å². The van der Waals surface area contributed by atoms with Crippen molar-refractivity contribution in [3.8, 4) is 11.5 Å². The highest BCUT2D eigenvalue weighted by Crippen LogP contribution is 2.25. The molecule has 108 valence electrons. The summed E-state index contributed by atoms with van der Waals surface area (Å²) in [5, 5.41) is 20.8. The number of nitrogens with two attached hydrogens (primary N) is 1. The lowest BCUT2D eigenvalue weighted by Gasteiger charge is -2.07. The van der Waals surface area contributed by atoms with Crippen LogP contribution < -0.4 is 15.8 Å². The average Bonchev–Trinajstić information content (AvgIpc) is 2.45. The zero-order valence-corrected chi connectivity index (χ0v) is 11.2. The minimum atomic E-state index is -0.0596. The van der Waals surface area contributed by atoms with Crippen LogP contribution in [0.25, 0.3) is 6.08 Å². The van der Waals surface area contributed by atoms with Crippen molar-refractivity contribution in [3.63, 3.8) is 0 Å². The molecule has 0 heterocycles. The number of aliphatic hydroxyl groups excluding tert-OH is 1. The molecular formula is C14H18N2O4. The number of phenols is 1. The molecule has 0 saturated heterocycles. The highest BCUT2D eigenvalue weighted by Gasteiger charge is 2.03. The van der Waals surface area contributed by atoms with Crippen LogP contribution in [0.1, 0.15) is 12.0 Å². The number of hydrogen-bond donors (Lipinski definition) is 4. The zero-order chi connectivity index (χ0) is 15.0. The fourth-order valence-corrected chi connectivity index (χ4v) is 1.47. The average molecular weight is 278 g/mol. The summed E-state index contributed by atoms with van der Waals surface area (Å²) >= 11 is 0. The minimum absolute atomic E-state index is 0.0596. The first kappa shape index (κ1) is 15.6. The van der Waals surface area contributed by atoms with E-state index in [-0.39, 0.29) is 18.1 Å². The molecule has 1 aromatic carbocycles. The first-order valence-electron chi connectivity index (χ1n) is 5.96. The maximum atomic E-state index is 11.0. The number of methoxy groups -OCH3 is 1. The molecule has 20 heavy (non-hydrogen) atoms. The highest BCUT2D eigenvalue weighted by atomic mass is 16.5. The van der Waals surface area contributed by atoms with E-state index in [1.165, 1.54) is 25.4 Å². The topological polar surface area (TPSA) is 105 Å². The number of ether oxygens (including phenoxy) is 1. The van der Waals surface area contributed by atoms with E-state index in [4.69, 9.17) is 15.6 Å². The van der Waals surface area contributed by atoms with E-state index in [1.54, 1.807) is 12.1 Å². The number of aromatic hydroxyl groups is 1. The molecule has 6 heteroatoms. The van der Waals surface area contributed by atoms with Gasteiger partial charge in [-0.15, -0.1) is 0 Å². The Morgan fingerprint density at radius 3 is 2.85 bits per heavy atom. The lowest BCUT2D eigenvalue weighted by molar-refractivity contribution is -0.105. The van der Waals surface area contributed by atoms with Gasteiger partial charge in [0.1, 0.15) is 11.5 Å². The third kappa shape index (κ3) is 4.66. The Kier molecular flexibility index (Phi) is 6.12. The molecule has 1 rings (SSSR count). The predicted octanol–water partition coefficient (Wildman–Crippen LogP) is 0.713. The Morgan fingerprint density at radius 2 is 2.25 bits per heavy atom. The van der Waals surface area contributed by atoms with Gasteiger partial charge in [-0.05, 0) is 18.2 Å². The van der Waals surface area contributed by atoms with Gasteiger partial charge in [-0.1, -0.05) is 0 Å². The van der Waals surface area contributed by atoms with Gasteiger partial charge in [0.05, 0.1) is 12.8 Å². The Hall–Kier alpha value is -2.47. The van der Waals surface area contributed by atoms with Gasteiger partial charge in [-0.25, -0.2) is 0 Å². The number of rotatable bonds is 7. The van der Waals surface area contributed by atoms with E-state index in [9.17, 15) is 9.90 Å². The number of carbonyl (C=O) groups is 1. The van der Waals surface area contributed by atoms with Crippen molar-refractivity contribution < 1.29 is 19.7 Å². The van der Waals surface area contributed by atoms with Crippen LogP contribution in [0.3, 0.4) is 0 Å². The normalized spacial score (nSPS) is 12.1. The summed E-state index contributed by atoms with van der Waals surface area (Å²) in [6.07, 6.45) is 3.97. The number of nitrogens with one attached hydrogen (secondary N) is 1. The Labute approximate surface area is 117 Å². The largest absolute Gasteiger partial charge is 0.508 e. The molecule has 0 aliphatic carbocycles. The third-order valence-corrected chi connectivity index (χ3v) is 2.48.